The fourth-order valence-corrected chi connectivity index (χ4v) is 10.7. The minimum Gasteiger partial charge on any atom is -0.481 e. The van der Waals surface area contributed by atoms with Crippen molar-refractivity contribution in [3.63, 3.8) is 0 Å². The van der Waals surface area contributed by atoms with Gasteiger partial charge in [0.05, 0.1) is 30.3 Å². The Hall–Kier alpha value is -0.990. The highest BCUT2D eigenvalue weighted by Gasteiger charge is 2.73. The van der Waals surface area contributed by atoms with Crippen LogP contribution in [0.4, 0.5) is 0 Å². The smallest absolute Gasteiger partial charge is 0.310 e. The van der Waals surface area contributed by atoms with Gasteiger partial charge in [-0.1, -0.05) is 53.2 Å². The summed E-state index contributed by atoms with van der Waals surface area (Å²) in [5.41, 5.74) is -2.66. The van der Waals surface area contributed by atoms with Gasteiger partial charge in [-0.15, -0.1) is 0 Å². The fourth-order valence-electron chi connectivity index (χ4n) is 10.7. The number of fused-ring (bicyclic) bond motifs is 7. The molecule has 0 radical (unpaired) electrons. The lowest BCUT2D eigenvalue weighted by atomic mass is 9.32. The fraction of sp³-hybridized carbons (Fsp3) is 0.900. The standard InChI is InChI=1S/C30H48O7/c1-25(2)11-13-30(24(36)37)14-12-27(4)16(19(30)21(25)33)7-8-18-28(27,5)10-9-17-26(3,15-31)22(34)20(32)23(35)29(17,18)6/h7,17-23,31-35H,8-15H2,1-6H3,(H,36,37)/t17-,18-,19+,20-,21-,22-,23+,26-,27+,28+,29-,30-/m0/s1. The summed E-state index contributed by atoms with van der Waals surface area (Å²) in [7, 11) is 0. The van der Waals surface area contributed by atoms with E-state index in [-0.39, 0.29) is 34.7 Å². The molecule has 0 bridgehead atoms. The van der Waals surface area contributed by atoms with Crippen LogP contribution in [0.5, 0.6) is 0 Å². The summed E-state index contributed by atoms with van der Waals surface area (Å²) < 4.78 is 0. The lowest BCUT2D eigenvalue weighted by Crippen LogP contribution is -2.73. The topological polar surface area (TPSA) is 138 Å². The molecular formula is C30H48O7. The first-order valence-electron chi connectivity index (χ1n) is 14.3. The van der Waals surface area contributed by atoms with Crippen LogP contribution < -0.4 is 0 Å². The minimum atomic E-state index is -1.36. The van der Waals surface area contributed by atoms with Gasteiger partial charge in [0, 0.05) is 16.7 Å². The molecule has 4 fully saturated rings. The van der Waals surface area contributed by atoms with Gasteiger partial charge in [-0.05, 0) is 73.0 Å². The zero-order valence-corrected chi connectivity index (χ0v) is 23.4. The molecule has 0 spiro atoms. The third-order valence-corrected chi connectivity index (χ3v) is 13.6. The first-order chi connectivity index (χ1) is 17.0. The van der Waals surface area contributed by atoms with Crippen molar-refractivity contribution >= 4 is 5.97 Å². The van der Waals surface area contributed by atoms with Gasteiger partial charge in [0.15, 0.2) is 0 Å². The number of aliphatic carboxylic acids is 1. The van der Waals surface area contributed by atoms with Gasteiger partial charge in [0.25, 0.3) is 0 Å². The van der Waals surface area contributed by atoms with Crippen molar-refractivity contribution in [3.05, 3.63) is 11.6 Å². The Bertz CT molecular complexity index is 1010. The number of aliphatic hydroxyl groups excluding tert-OH is 5. The Balaban J connectivity index is 1.66. The van der Waals surface area contributed by atoms with E-state index in [9.17, 15) is 35.4 Å². The Morgan fingerprint density at radius 3 is 2.08 bits per heavy atom. The van der Waals surface area contributed by atoms with Crippen LogP contribution in [0.1, 0.15) is 86.5 Å². The molecule has 7 heteroatoms. The molecule has 6 N–H and O–H groups in total. The number of aliphatic hydroxyl groups is 5. The number of carboxylic acids is 1. The first-order valence-corrected chi connectivity index (χ1v) is 14.3. The molecule has 5 rings (SSSR count). The summed E-state index contributed by atoms with van der Waals surface area (Å²) in [5, 5.41) is 66.1. The Morgan fingerprint density at radius 1 is 0.865 bits per heavy atom. The maximum Gasteiger partial charge on any atom is 0.310 e. The third kappa shape index (κ3) is 3.04. The number of allylic oxidation sites excluding steroid dienone is 1. The van der Waals surface area contributed by atoms with E-state index in [1.807, 2.05) is 27.7 Å². The molecule has 210 valence electrons. The molecule has 0 aliphatic heterocycles. The predicted octanol–water partition coefficient (Wildman–Crippen LogP) is 3.12. The molecule has 37 heavy (non-hydrogen) atoms. The molecule has 0 aromatic carbocycles. The molecule has 0 saturated heterocycles. The molecule has 0 amide bonds. The molecule has 0 heterocycles. The summed E-state index contributed by atoms with van der Waals surface area (Å²) in [6.07, 6.45) is 2.24. The van der Waals surface area contributed by atoms with Crippen LogP contribution in [0.2, 0.25) is 0 Å². The molecule has 4 saturated carbocycles. The van der Waals surface area contributed by atoms with E-state index >= 15 is 0 Å². The van der Waals surface area contributed by atoms with Crippen LogP contribution in [0.25, 0.3) is 0 Å². The van der Waals surface area contributed by atoms with E-state index in [2.05, 4.69) is 19.9 Å². The summed E-state index contributed by atoms with van der Waals surface area (Å²) in [5.74, 6) is -1.49. The summed E-state index contributed by atoms with van der Waals surface area (Å²) in [6, 6.07) is 0. The van der Waals surface area contributed by atoms with Crippen LogP contribution >= 0.6 is 0 Å². The normalized spacial score (nSPS) is 56.7. The minimum absolute atomic E-state index is 0.0402. The van der Waals surface area contributed by atoms with Gasteiger partial charge in [-0.3, -0.25) is 4.79 Å². The number of rotatable bonds is 2. The van der Waals surface area contributed by atoms with E-state index in [1.165, 1.54) is 0 Å². The Labute approximate surface area is 221 Å². The highest BCUT2D eigenvalue weighted by atomic mass is 16.4. The molecule has 5 aliphatic rings. The van der Waals surface area contributed by atoms with Crippen molar-refractivity contribution in [2.75, 3.05) is 6.61 Å². The van der Waals surface area contributed by atoms with E-state index in [4.69, 9.17) is 0 Å². The summed E-state index contributed by atoms with van der Waals surface area (Å²) >= 11 is 0. The molecule has 0 aromatic heterocycles. The number of hydrogen-bond donors (Lipinski definition) is 6. The van der Waals surface area contributed by atoms with E-state index in [0.29, 0.717) is 38.5 Å². The van der Waals surface area contributed by atoms with Gasteiger partial charge < -0.3 is 30.6 Å². The largest absolute Gasteiger partial charge is 0.481 e. The van der Waals surface area contributed by atoms with Gasteiger partial charge in [-0.2, -0.15) is 0 Å². The van der Waals surface area contributed by atoms with Crippen molar-refractivity contribution < 1.29 is 35.4 Å². The number of carboxylic acid groups (broad SMARTS) is 1. The Morgan fingerprint density at radius 2 is 1.49 bits per heavy atom. The zero-order chi connectivity index (χ0) is 27.6. The van der Waals surface area contributed by atoms with Crippen molar-refractivity contribution in [2.24, 2.45) is 50.2 Å². The van der Waals surface area contributed by atoms with E-state index in [1.54, 1.807) is 0 Å². The van der Waals surface area contributed by atoms with Crippen LogP contribution in [0.15, 0.2) is 11.6 Å². The van der Waals surface area contributed by atoms with Crippen molar-refractivity contribution in [1.29, 1.82) is 0 Å². The van der Waals surface area contributed by atoms with Gasteiger partial charge in [0.1, 0.15) is 6.10 Å². The number of carbonyl (C=O) groups is 1. The molecule has 12 atom stereocenters. The van der Waals surface area contributed by atoms with Gasteiger partial charge >= 0.3 is 5.97 Å². The predicted molar refractivity (Wildman–Crippen MR) is 138 cm³/mol. The SMILES string of the molecule is CC1(C)CC[C@]2(C(=O)O)CC[C@]3(C)C(=CC[C@@H]4[C@@]5(C)[C@H](O)[C@@H](O)[C@H](O)[C@@](C)(CO)[C@@H]5CC[C@]43C)[C@@H]2[C@@H]1O. The van der Waals surface area contributed by atoms with E-state index < -0.39 is 52.5 Å². The lowest BCUT2D eigenvalue weighted by Gasteiger charge is -2.72. The second-order valence-electron chi connectivity index (χ2n) is 15.1. The van der Waals surface area contributed by atoms with Crippen LogP contribution in [-0.2, 0) is 4.79 Å². The molecular weight excluding hydrogens is 472 g/mol. The second kappa shape index (κ2) is 8.03. The van der Waals surface area contributed by atoms with Crippen LogP contribution in [0, 0.1) is 50.2 Å². The monoisotopic (exact) mass is 520 g/mol. The van der Waals surface area contributed by atoms with Crippen molar-refractivity contribution in [3.8, 4) is 0 Å². The highest BCUT2D eigenvalue weighted by Crippen LogP contribution is 2.75. The van der Waals surface area contributed by atoms with E-state index in [0.717, 1.165) is 12.0 Å². The van der Waals surface area contributed by atoms with Crippen LogP contribution in [0.3, 0.4) is 0 Å². The molecule has 0 unspecified atom stereocenters. The van der Waals surface area contributed by atoms with Crippen molar-refractivity contribution in [1.82, 2.24) is 0 Å². The summed E-state index contributed by atoms with van der Waals surface area (Å²) in [4.78, 5) is 12.8. The average molecular weight is 521 g/mol. The van der Waals surface area contributed by atoms with Crippen LogP contribution in [-0.4, -0.2) is 67.6 Å². The summed E-state index contributed by atoms with van der Waals surface area (Å²) in [6.45, 7) is 12.2. The lowest BCUT2D eigenvalue weighted by molar-refractivity contribution is -0.288. The highest BCUT2D eigenvalue weighted by molar-refractivity contribution is 5.77. The molecule has 5 aliphatic carbocycles. The quantitative estimate of drug-likeness (QED) is 0.308. The zero-order valence-electron chi connectivity index (χ0n) is 23.4. The average Bonchev–Trinajstić information content (AvgIpc) is 2.84. The molecule has 0 aromatic rings. The number of hydrogen-bond acceptors (Lipinski definition) is 6. The maximum absolute atomic E-state index is 12.8. The first kappa shape index (κ1) is 27.6. The van der Waals surface area contributed by atoms with Gasteiger partial charge in [-0.25, -0.2) is 0 Å². The Kier molecular flexibility index (Phi) is 5.98. The molecule has 7 nitrogen and oxygen atoms in total. The second-order valence-corrected chi connectivity index (χ2v) is 15.1. The van der Waals surface area contributed by atoms with Gasteiger partial charge in [0.2, 0.25) is 0 Å². The van der Waals surface area contributed by atoms with Crippen molar-refractivity contribution in [2.45, 2.75) is 111 Å². The maximum atomic E-state index is 12.8. The third-order valence-electron chi connectivity index (χ3n) is 13.6.